The second-order valence-electron chi connectivity index (χ2n) is 3.95. The molecule has 1 aromatic rings. The Balaban J connectivity index is 2.26. The van der Waals surface area contributed by atoms with Gasteiger partial charge in [-0.15, -0.1) is 0 Å². The van der Waals surface area contributed by atoms with Gasteiger partial charge in [-0.3, -0.25) is 0 Å². The minimum Gasteiger partial charge on any atom is -0.376 e. The molecule has 14 heavy (non-hydrogen) atoms. The second kappa shape index (κ2) is 3.71. The van der Waals surface area contributed by atoms with Crippen LogP contribution in [0.5, 0.6) is 0 Å². The van der Waals surface area contributed by atoms with E-state index in [2.05, 4.69) is 16.5 Å². The first-order valence-electron chi connectivity index (χ1n) is 5.09. The summed E-state index contributed by atoms with van der Waals surface area (Å²) in [5.41, 5.74) is 6.96. The molecule has 2 unspecified atom stereocenters. The van der Waals surface area contributed by atoms with Crippen molar-refractivity contribution in [2.45, 2.75) is 38.5 Å². The molecule has 0 saturated carbocycles. The molecular formula is C10H17N3O. The molecule has 0 spiro atoms. The number of nitrogens with zero attached hydrogens (tertiary/aromatic N) is 2. The average molecular weight is 195 g/mol. The molecule has 4 nitrogen and oxygen atoms in total. The lowest BCUT2D eigenvalue weighted by Gasteiger charge is -2.19. The monoisotopic (exact) mass is 195 g/mol. The lowest BCUT2D eigenvalue weighted by Crippen LogP contribution is -2.21. The molecule has 2 rings (SSSR count). The summed E-state index contributed by atoms with van der Waals surface area (Å²) in [6.45, 7) is 4.92. The number of hydrogen-bond acceptors (Lipinski definition) is 3. The summed E-state index contributed by atoms with van der Waals surface area (Å²) in [6, 6.07) is 0.434. The molecule has 1 aliphatic rings. The van der Waals surface area contributed by atoms with Crippen molar-refractivity contribution in [3.8, 4) is 0 Å². The van der Waals surface area contributed by atoms with Crippen molar-refractivity contribution < 1.29 is 4.74 Å². The fourth-order valence-electron chi connectivity index (χ4n) is 2.03. The van der Waals surface area contributed by atoms with E-state index in [1.54, 1.807) is 0 Å². The van der Waals surface area contributed by atoms with Crippen LogP contribution in [0, 0.1) is 0 Å². The van der Waals surface area contributed by atoms with Crippen molar-refractivity contribution in [1.29, 1.82) is 0 Å². The summed E-state index contributed by atoms with van der Waals surface area (Å²) in [5.74, 6) is 0. The summed E-state index contributed by atoms with van der Waals surface area (Å²) in [4.78, 5) is 4.15. The van der Waals surface area contributed by atoms with E-state index in [1.807, 2.05) is 19.4 Å². The van der Waals surface area contributed by atoms with E-state index >= 15 is 0 Å². The highest BCUT2D eigenvalue weighted by atomic mass is 16.5. The third-order valence-electron chi connectivity index (χ3n) is 2.86. The topological polar surface area (TPSA) is 53.1 Å². The molecule has 2 N–H and O–H groups in total. The normalized spacial score (nSPS) is 29.4. The van der Waals surface area contributed by atoms with Gasteiger partial charge in [0.2, 0.25) is 0 Å². The first kappa shape index (κ1) is 9.68. The van der Waals surface area contributed by atoms with Gasteiger partial charge < -0.3 is 15.0 Å². The minimum absolute atomic E-state index is 0.0327. The Hall–Kier alpha value is -0.870. The summed E-state index contributed by atoms with van der Waals surface area (Å²) in [7, 11) is 0. The maximum absolute atomic E-state index is 5.87. The highest BCUT2D eigenvalue weighted by Gasteiger charge is 2.27. The maximum atomic E-state index is 5.87. The van der Waals surface area contributed by atoms with E-state index in [-0.39, 0.29) is 12.1 Å². The van der Waals surface area contributed by atoms with E-state index in [0.717, 1.165) is 18.7 Å². The van der Waals surface area contributed by atoms with E-state index in [0.29, 0.717) is 6.04 Å². The molecule has 0 bridgehead atoms. The number of nitrogens with two attached hydrogens (primary N) is 1. The van der Waals surface area contributed by atoms with Crippen LogP contribution < -0.4 is 5.73 Å². The largest absolute Gasteiger partial charge is 0.376 e. The highest BCUT2D eigenvalue weighted by molar-refractivity contribution is 5.06. The molecule has 1 fully saturated rings. The summed E-state index contributed by atoms with van der Waals surface area (Å²) < 4.78 is 7.69. The van der Waals surface area contributed by atoms with Gasteiger partial charge in [0.25, 0.3) is 0 Å². The van der Waals surface area contributed by atoms with Crippen LogP contribution in [0.3, 0.4) is 0 Å². The third kappa shape index (κ3) is 1.55. The van der Waals surface area contributed by atoms with Gasteiger partial charge in [0.1, 0.15) is 0 Å². The van der Waals surface area contributed by atoms with Crippen LogP contribution in [0.25, 0.3) is 0 Å². The second-order valence-corrected chi connectivity index (χ2v) is 3.95. The van der Waals surface area contributed by atoms with Crippen molar-refractivity contribution in [2.24, 2.45) is 5.73 Å². The van der Waals surface area contributed by atoms with Gasteiger partial charge in [-0.05, 0) is 20.3 Å². The molecule has 0 aromatic carbocycles. The SMILES string of the molecule is CC1OCCC1n1cncc1[C@H](C)N. The number of ether oxygens (including phenoxy) is 1. The lowest BCUT2D eigenvalue weighted by molar-refractivity contribution is 0.107. The molecule has 1 saturated heterocycles. The number of rotatable bonds is 2. The van der Waals surface area contributed by atoms with Gasteiger partial charge in [-0.25, -0.2) is 4.98 Å². The Morgan fingerprint density at radius 3 is 3.07 bits per heavy atom. The van der Waals surface area contributed by atoms with Crippen molar-refractivity contribution in [3.05, 3.63) is 18.2 Å². The predicted octanol–water partition coefficient (Wildman–Crippen LogP) is 1.25. The predicted molar refractivity (Wildman–Crippen MR) is 53.9 cm³/mol. The van der Waals surface area contributed by atoms with E-state index in [9.17, 15) is 0 Å². The van der Waals surface area contributed by atoms with Crippen molar-refractivity contribution >= 4 is 0 Å². The molecule has 78 valence electrons. The number of imidazole rings is 1. The average Bonchev–Trinajstić information content (AvgIpc) is 2.70. The fraction of sp³-hybridized carbons (Fsp3) is 0.700. The Kier molecular flexibility index (Phi) is 2.56. The van der Waals surface area contributed by atoms with Crippen LogP contribution in [0.4, 0.5) is 0 Å². The smallest absolute Gasteiger partial charge is 0.0952 e. The van der Waals surface area contributed by atoms with Gasteiger partial charge in [0.05, 0.1) is 24.2 Å². The summed E-state index contributed by atoms with van der Waals surface area (Å²) in [6.07, 6.45) is 5.02. The van der Waals surface area contributed by atoms with E-state index < -0.39 is 0 Å². The molecule has 0 radical (unpaired) electrons. The van der Waals surface area contributed by atoms with Crippen LogP contribution in [0.1, 0.15) is 38.0 Å². The van der Waals surface area contributed by atoms with Crippen LogP contribution in [0.2, 0.25) is 0 Å². The van der Waals surface area contributed by atoms with Gasteiger partial charge in [-0.2, -0.15) is 0 Å². The lowest BCUT2D eigenvalue weighted by atomic mass is 10.1. The third-order valence-corrected chi connectivity index (χ3v) is 2.86. The van der Waals surface area contributed by atoms with Gasteiger partial charge >= 0.3 is 0 Å². The molecule has 4 heteroatoms. The zero-order valence-electron chi connectivity index (χ0n) is 8.68. The Labute approximate surface area is 84.1 Å². The minimum atomic E-state index is 0.0327. The van der Waals surface area contributed by atoms with Crippen LogP contribution in [-0.4, -0.2) is 22.3 Å². The van der Waals surface area contributed by atoms with Crippen molar-refractivity contribution in [3.63, 3.8) is 0 Å². The zero-order chi connectivity index (χ0) is 10.1. The zero-order valence-corrected chi connectivity index (χ0v) is 8.68. The van der Waals surface area contributed by atoms with Crippen LogP contribution in [0.15, 0.2) is 12.5 Å². The van der Waals surface area contributed by atoms with Crippen molar-refractivity contribution in [1.82, 2.24) is 9.55 Å². The first-order chi connectivity index (χ1) is 6.70. The number of hydrogen-bond donors (Lipinski definition) is 1. The molecular weight excluding hydrogens is 178 g/mol. The van der Waals surface area contributed by atoms with Gasteiger partial charge in [0, 0.05) is 18.8 Å². The molecule has 0 amide bonds. The highest BCUT2D eigenvalue weighted by Crippen LogP contribution is 2.28. The first-order valence-corrected chi connectivity index (χ1v) is 5.09. The molecule has 2 heterocycles. The maximum Gasteiger partial charge on any atom is 0.0952 e. The Morgan fingerprint density at radius 1 is 1.71 bits per heavy atom. The molecule has 1 aromatic heterocycles. The van der Waals surface area contributed by atoms with E-state index in [4.69, 9.17) is 10.5 Å². The van der Waals surface area contributed by atoms with Crippen LogP contribution >= 0.6 is 0 Å². The van der Waals surface area contributed by atoms with Crippen LogP contribution in [-0.2, 0) is 4.74 Å². The van der Waals surface area contributed by atoms with Gasteiger partial charge in [-0.1, -0.05) is 0 Å². The molecule has 0 aliphatic carbocycles. The van der Waals surface area contributed by atoms with E-state index in [1.165, 1.54) is 0 Å². The van der Waals surface area contributed by atoms with Crippen molar-refractivity contribution in [2.75, 3.05) is 6.61 Å². The van der Waals surface area contributed by atoms with Gasteiger partial charge in [0.15, 0.2) is 0 Å². The fourth-order valence-corrected chi connectivity index (χ4v) is 2.03. The number of aromatic nitrogens is 2. The Morgan fingerprint density at radius 2 is 2.50 bits per heavy atom. The Bertz CT molecular complexity index is 308. The molecule has 1 aliphatic heterocycles. The summed E-state index contributed by atoms with van der Waals surface area (Å²) in [5, 5.41) is 0. The summed E-state index contributed by atoms with van der Waals surface area (Å²) >= 11 is 0. The standard InChI is InChI=1S/C10H17N3O/c1-7(11)10-5-12-6-13(10)9-3-4-14-8(9)2/h5-9H,3-4,11H2,1-2H3/t7-,8?,9?/m0/s1. The molecule has 3 atom stereocenters. The quantitative estimate of drug-likeness (QED) is 0.772.